The third kappa shape index (κ3) is 9.31. The van der Waals surface area contributed by atoms with Crippen molar-refractivity contribution in [3.63, 3.8) is 0 Å². The zero-order valence-electron chi connectivity index (χ0n) is 24.5. The Morgan fingerprint density at radius 3 is 2.29 bits per heavy atom. The lowest BCUT2D eigenvalue weighted by Crippen LogP contribution is -2.37. The number of likely N-dealkylation sites (tertiary alicyclic amines) is 1. The number of rotatable bonds is 7. The van der Waals surface area contributed by atoms with Crippen LogP contribution in [0.15, 0.2) is 102 Å². The van der Waals surface area contributed by atoms with Gasteiger partial charge in [0.2, 0.25) is 0 Å². The van der Waals surface area contributed by atoms with Gasteiger partial charge in [0.25, 0.3) is 0 Å². The smallest absolute Gasteiger partial charge is 0.171 e. The van der Waals surface area contributed by atoms with E-state index >= 15 is 0 Å². The number of nitrogens with zero attached hydrogens (tertiary/aromatic N) is 4. The normalized spacial score (nSPS) is 14.7. The maximum atomic E-state index is 5.92. The van der Waals surface area contributed by atoms with Crippen molar-refractivity contribution in [1.29, 1.82) is 0 Å². The van der Waals surface area contributed by atoms with Crippen LogP contribution in [0.25, 0.3) is 5.65 Å². The van der Waals surface area contributed by atoms with Crippen molar-refractivity contribution in [2.75, 3.05) is 25.0 Å². The highest BCUT2D eigenvalue weighted by Crippen LogP contribution is 2.24. The number of aryl methyl sites for hydroxylation is 1. The van der Waals surface area contributed by atoms with E-state index in [2.05, 4.69) is 66.6 Å². The van der Waals surface area contributed by atoms with Crippen LogP contribution < -0.4 is 10.1 Å². The van der Waals surface area contributed by atoms with E-state index < -0.39 is 0 Å². The number of piperidine rings is 1. The molecule has 0 aliphatic carbocycles. The summed E-state index contributed by atoms with van der Waals surface area (Å²) in [6, 6.07) is 29.9. The topological polar surface area (TPSA) is 54.7 Å². The Morgan fingerprint density at radius 1 is 0.952 bits per heavy atom. The number of hydrogen-bond donors (Lipinski definition) is 1. The monoisotopic (exact) mass is 647 g/mol. The van der Waals surface area contributed by atoms with Crippen molar-refractivity contribution in [2.45, 2.75) is 40.2 Å². The fourth-order valence-electron chi connectivity index (χ4n) is 4.85. The van der Waals surface area contributed by atoms with Crippen LogP contribution in [-0.4, -0.2) is 39.1 Å². The van der Waals surface area contributed by atoms with Crippen molar-refractivity contribution in [1.82, 2.24) is 19.5 Å². The predicted molar refractivity (Wildman–Crippen MR) is 178 cm³/mol. The average molecular weight is 649 g/mol. The van der Waals surface area contributed by atoms with Crippen LogP contribution >= 0.6 is 27.5 Å². The van der Waals surface area contributed by atoms with Gasteiger partial charge in [0.1, 0.15) is 17.3 Å². The summed E-state index contributed by atoms with van der Waals surface area (Å²) in [7, 11) is 0. The molecule has 0 radical (unpaired) electrons. The van der Waals surface area contributed by atoms with Crippen LogP contribution in [0.2, 0.25) is 5.02 Å². The Hall–Kier alpha value is -3.39. The van der Waals surface area contributed by atoms with Gasteiger partial charge in [-0.2, -0.15) is 9.61 Å². The lowest BCUT2D eigenvalue weighted by molar-refractivity contribution is 0.173. The summed E-state index contributed by atoms with van der Waals surface area (Å²) in [5, 5.41) is 8.87. The maximum Gasteiger partial charge on any atom is 0.171 e. The van der Waals surface area contributed by atoms with E-state index in [1.54, 1.807) is 6.20 Å². The molecule has 1 aliphatic rings. The molecule has 6 rings (SSSR count). The van der Waals surface area contributed by atoms with Crippen LogP contribution in [-0.2, 0) is 6.54 Å². The first-order valence-corrected chi connectivity index (χ1v) is 15.7. The van der Waals surface area contributed by atoms with Crippen LogP contribution in [0, 0.1) is 12.8 Å². The zero-order chi connectivity index (χ0) is 29.7. The van der Waals surface area contributed by atoms with Crippen molar-refractivity contribution in [3.05, 3.63) is 118 Å². The van der Waals surface area contributed by atoms with Gasteiger partial charge in [0.15, 0.2) is 5.65 Å². The Balaban J connectivity index is 0.000000390. The van der Waals surface area contributed by atoms with Gasteiger partial charge in [-0.05, 0) is 90.1 Å². The van der Waals surface area contributed by atoms with Gasteiger partial charge < -0.3 is 10.1 Å². The highest BCUT2D eigenvalue weighted by molar-refractivity contribution is 9.10. The minimum atomic E-state index is 0.599. The van der Waals surface area contributed by atoms with Gasteiger partial charge in [0.05, 0.1) is 10.7 Å². The molecular weight excluding hydrogens is 610 g/mol. The van der Waals surface area contributed by atoms with Gasteiger partial charge in [-0.1, -0.05) is 74.0 Å². The number of aromatic nitrogens is 3. The number of halogens is 2. The van der Waals surface area contributed by atoms with Crippen molar-refractivity contribution < 1.29 is 4.74 Å². The number of benzene rings is 3. The first-order valence-electron chi connectivity index (χ1n) is 14.5. The van der Waals surface area contributed by atoms with Crippen molar-refractivity contribution >= 4 is 39.0 Å². The molecule has 0 bridgehead atoms. The summed E-state index contributed by atoms with van der Waals surface area (Å²) in [6.45, 7) is 10.1. The van der Waals surface area contributed by atoms with Crippen LogP contribution in [0.1, 0.15) is 37.9 Å². The number of nitrogens with one attached hydrogen (secondary N) is 1. The number of anilines is 1. The summed E-state index contributed by atoms with van der Waals surface area (Å²) in [5.41, 5.74) is 3.15. The standard InChI is InChI=1S/C26H28BrN5O.C6H5Cl.C2H6/c1-19-14-25(32-26(30-19)24(27)16-29-32)28-15-21-6-5-13-31(18-21)17-20-9-11-23(12-10-20)33-22-7-3-2-4-8-22;7-6-4-2-1-3-5-6;1-2/h2-4,7-12,14,16,21,28H,5-6,13,15,17-18H2,1H3;1-5H;1-2H3. The second-order valence-corrected chi connectivity index (χ2v) is 11.3. The summed E-state index contributed by atoms with van der Waals surface area (Å²) in [5.74, 6) is 3.33. The Labute approximate surface area is 262 Å². The van der Waals surface area contributed by atoms with Gasteiger partial charge in [-0.25, -0.2) is 4.98 Å². The molecule has 2 aromatic heterocycles. The molecule has 0 amide bonds. The lowest BCUT2D eigenvalue weighted by atomic mass is 9.97. The predicted octanol–water partition coefficient (Wildman–Crippen LogP) is 9.28. The van der Waals surface area contributed by atoms with Crippen LogP contribution in [0.5, 0.6) is 11.5 Å². The van der Waals surface area contributed by atoms with Gasteiger partial charge >= 0.3 is 0 Å². The summed E-state index contributed by atoms with van der Waals surface area (Å²) < 4.78 is 8.71. The Morgan fingerprint density at radius 2 is 1.62 bits per heavy atom. The van der Waals surface area contributed by atoms with E-state index in [1.165, 1.54) is 18.4 Å². The fraction of sp³-hybridized carbons (Fsp3) is 0.294. The van der Waals surface area contributed by atoms with Crippen molar-refractivity contribution in [2.24, 2.45) is 5.92 Å². The van der Waals surface area contributed by atoms with E-state index in [0.29, 0.717) is 5.92 Å². The highest BCUT2D eigenvalue weighted by atomic mass is 79.9. The molecule has 1 atom stereocenters. The second-order valence-electron chi connectivity index (χ2n) is 9.99. The number of hydrogen-bond acceptors (Lipinski definition) is 5. The van der Waals surface area contributed by atoms with Crippen LogP contribution in [0.4, 0.5) is 5.82 Å². The number of fused-ring (bicyclic) bond motifs is 1. The molecule has 0 spiro atoms. The molecule has 0 saturated carbocycles. The van der Waals surface area contributed by atoms with E-state index in [0.717, 1.165) is 64.3 Å². The summed E-state index contributed by atoms with van der Waals surface area (Å²) >= 11 is 9.07. The molecule has 42 heavy (non-hydrogen) atoms. The number of ether oxygens (including phenoxy) is 1. The minimum Gasteiger partial charge on any atom is -0.457 e. The molecular formula is C34H39BrClN5O. The van der Waals surface area contributed by atoms with Gasteiger partial charge in [0, 0.05) is 36.4 Å². The Kier molecular flexibility index (Phi) is 12.2. The van der Waals surface area contributed by atoms with E-state index in [1.807, 2.05) is 86.0 Å². The maximum absolute atomic E-state index is 5.92. The van der Waals surface area contributed by atoms with Crippen LogP contribution in [0.3, 0.4) is 0 Å². The van der Waals surface area contributed by atoms with E-state index in [9.17, 15) is 0 Å². The summed E-state index contributed by atoms with van der Waals surface area (Å²) in [6.07, 6.45) is 4.26. The zero-order valence-corrected chi connectivity index (χ0v) is 26.9. The second kappa shape index (κ2) is 16.3. The lowest BCUT2D eigenvalue weighted by Gasteiger charge is -2.33. The SMILES string of the molecule is CC.Cc1cc(NCC2CCCN(Cc3ccc(Oc4ccccc4)cc3)C2)n2ncc(Br)c2n1.Clc1ccccc1. The molecule has 3 heterocycles. The molecule has 1 N–H and O–H groups in total. The molecule has 1 aliphatic heterocycles. The van der Waals surface area contributed by atoms with E-state index in [4.69, 9.17) is 16.3 Å². The summed E-state index contributed by atoms with van der Waals surface area (Å²) in [4.78, 5) is 7.13. The average Bonchev–Trinajstić information content (AvgIpc) is 3.39. The molecule has 5 aromatic rings. The molecule has 1 unspecified atom stereocenters. The molecule has 1 saturated heterocycles. The first-order chi connectivity index (χ1) is 20.5. The number of para-hydroxylation sites is 1. The van der Waals surface area contributed by atoms with E-state index in [-0.39, 0.29) is 0 Å². The van der Waals surface area contributed by atoms with Gasteiger partial charge in [-0.3, -0.25) is 4.90 Å². The molecule has 220 valence electrons. The largest absolute Gasteiger partial charge is 0.457 e. The quantitative estimate of drug-likeness (QED) is 0.191. The third-order valence-electron chi connectivity index (χ3n) is 6.77. The third-order valence-corrected chi connectivity index (χ3v) is 7.58. The Bertz CT molecular complexity index is 1500. The first kappa shape index (κ1) is 31.5. The molecule has 3 aromatic carbocycles. The molecule has 8 heteroatoms. The minimum absolute atomic E-state index is 0.599. The fourth-order valence-corrected chi connectivity index (χ4v) is 5.35. The van der Waals surface area contributed by atoms with Gasteiger partial charge in [-0.15, -0.1) is 0 Å². The highest BCUT2D eigenvalue weighted by Gasteiger charge is 2.20. The molecule has 1 fully saturated rings. The van der Waals surface area contributed by atoms with Crippen molar-refractivity contribution in [3.8, 4) is 11.5 Å². The molecule has 6 nitrogen and oxygen atoms in total.